The summed E-state index contributed by atoms with van der Waals surface area (Å²) in [4.78, 5) is 26.9. The number of hydrogen-bond donors (Lipinski definition) is 2. The van der Waals surface area contributed by atoms with E-state index in [0.29, 0.717) is 23.8 Å². The maximum absolute atomic E-state index is 12.6. The van der Waals surface area contributed by atoms with Crippen LogP contribution in [0.2, 0.25) is 0 Å². The molecule has 5 nitrogen and oxygen atoms in total. The molecular formula is C22H36ClN3O2. The van der Waals surface area contributed by atoms with Gasteiger partial charge in [-0.15, -0.1) is 12.4 Å². The van der Waals surface area contributed by atoms with Crippen molar-refractivity contribution in [3.8, 4) is 0 Å². The second-order valence-electron chi connectivity index (χ2n) is 7.71. The quantitative estimate of drug-likeness (QED) is 0.637. The first-order valence-electron chi connectivity index (χ1n) is 10.4. The van der Waals surface area contributed by atoms with Crippen LogP contribution in [0.1, 0.15) is 63.2 Å². The van der Waals surface area contributed by atoms with Crippen molar-refractivity contribution < 1.29 is 9.59 Å². The van der Waals surface area contributed by atoms with E-state index in [1.807, 2.05) is 29.2 Å². The molecule has 0 saturated carbocycles. The molecule has 6 heteroatoms. The van der Waals surface area contributed by atoms with Crippen LogP contribution in [0.3, 0.4) is 0 Å². The molecule has 2 amide bonds. The molecule has 1 aromatic rings. The Bertz CT molecular complexity index is 594. The Balaban J connectivity index is 0.00000392. The van der Waals surface area contributed by atoms with Crippen molar-refractivity contribution in [2.45, 2.75) is 52.9 Å². The van der Waals surface area contributed by atoms with Gasteiger partial charge >= 0.3 is 0 Å². The van der Waals surface area contributed by atoms with Gasteiger partial charge in [-0.3, -0.25) is 9.59 Å². The van der Waals surface area contributed by atoms with E-state index >= 15 is 0 Å². The second kappa shape index (κ2) is 12.8. The highest BCUT2D eigenvalue weighted by molar-refractivity contribution is 5.95. The summed E-state index contributed by atoms with van der Waals surface area (Å²) in [5.74, 6) is 1.06. The number of nitrogens with one attached hydrogen (secondary N) is 2. The van der Waals surface area contributed by atoms with Crippen LogP contribution in [0.15, 0.2) is 24.3 Å². The van der Waals surface area contributed by atoms with Crippen molar-refractivity contribution in [1.29, 1.82) is 0 Å². The van der Waals surface area contributed by atoms with Crippen LogP contribution in [0, 0.1) is 11.8 Å². The van der Waals surface area contributed by atoms with Gasteiger partial charge in [0.2, 0.25) is 5.91 Å². The maximum atomic E-state index is 12.6. The number of carbonyl (C=O) groups excluding carboxylic acids is 2. The highest BCUT2D eigenvalue weighted by Crippen LogP contribution is 2.23. The van der Waals surface area contributed by atoms with Crippen LogP contribution < -0.4 is 10.6 Å². The number of nitrogens with zero attached hydrogens (tertiary/aromatic N) is 1. The molecular weight excluding hydrogens is 374 g/mol. The summed E-state index contributed by atoms with van der Waals surface area (Å²) in [6.45, 7) is 9.98. The third-order valence-corrected chi connectivity index (χ3v) is 5.34. The Morgan fingerprint density at radius 1 is 1.18 bits per heavy atom. The smallest absolute Gasteiger partial charge is 0.253 e. The van der Waals surface area contributed by atoms with Crippen LogP contribution in [0.25, 0.3) is 0 Å². The molecule has 2 N–H and O–H groups in total. The van der Waals surface area contributed by atoms with Crippen LogP contribution >= 0.6 is 12.4 Å². The van der Waals surface area contributed by atoms with E-state index in [-0.39, 0.29) is 24.2 Å². The highest BCUT2D eigenvalue weighted by atomic mass is 35.5. The van der Waals surface area contributed by atoms with Crippen LogP contribution in [0.5, 0.6) is 0 Å². The summed E-state index contributed by atoms with van der Waals surface area (Å²) in [5.41, 5.74) is 1.43. The molecule has 1 saturated heterocycles. The van der Waals surface area contributed by atoms with Crippen LogP contribution in [-0.2, 0) is 4.79 Å². The van der Waals surface area contributed by atoms with E-state index in [9.17, 15) is 9.59 Å². The predicted molar refractivity (Wildman–Crippen MR) is 118 cm³/mol. The molecule has 2 atom stereocenters. The summed E-state index contributed by atoms with van der Waals surface area (Å²) < 4.78 is 0. The summed E-state index contributed by atoms with van der Waals surface area (Å²) in [5, 5.41) is 6.39. The van der Waals surface area contributed by atoms with Gasteiger partial charge in [0, 0.05) is 30.8 Å². The van der Waals surface area contributed by atoms with E-state index in [2.05, 4.69) is 31.4 Å². The number of amides is 2. The van der Waals surface area contributed by atoms with E-state index < -0.39 is 0 Å². The largest absolute Gasteiger partial charge is 0.339 e. The minimum absolute atomic E-state index is 0. The van der Waals surface area contributed by atoms with Crippen molar-refractivity contribution in [3.05, 3.63) is 29.8 Å². The van der Waals surface area contributed by atoms with Gasteiger partial charge in [0.15, 0.2) is 0 Å². The first-order chi connectivity index (χ1) is 13.0. The Morgan fingerprint density at radius 3 is 2.36 bits per heavy atom. The monoisotopic (exact) mass is 409 g/mol. The molecule has 28 heavy (non-hydrogen) atoms. The molecule has 0 aliphatic carbocycles. The van der Waals surface area contributed by atoms with Crippen LogP contribution in [-0.4, -0.2) is 42.9 Å². The molecule has 0 bridgehead atoms. The molecule has 0 spiro atoms. The Morgan fingerprint density at radius 2 is 1.82 bits per heavy atom. The Labute approximate surface area is 176 Å². The molecule has 1 aliphatic rings. The molecule has 1 fully saturated rings. The number of benzene rings is 1. The number of halogens is 1. The fraction of sp³-hybridized carbons (Fsp3) is 0.636. The SMILES string of the molecule is CCCN(CCC)C(=O)c1ccc(NC(=O)CC(C)C2CCCNC2)cc1.Cl. The van der Waals surface area contributed by atoms with Gasteiger partial charge in [-0.1, -0.05) is 20.8 Å². The van der Waals surface area contributed by atoms with E-state index in [1.165, 1.54) is 12.8 Å². The molecule has 0 radical (unpaired) electrons. The minimum atomic E-state index is 0. The maximum Gasteiger partial charge on any atom is 0.253 e. The van der Waals surface area contributed by atoms with E-state index in [1.54, 1.807) is 0 Å². The van der Waals surface area contributed by atoms with Gasteiger partial charge in [-0.25, -0.2) is 0 Å². The Kier molecular flexibility index (Phi) is 11.2. The zero-order valence-electron chi connectivity index (χ0n) is 17.5. The normalized spacial score (nSPS) is 17.3. The molecule has 1 aromatic carbocycles. The standard InChI is InChI=1S/C22H35N3O2.ClH/c1-4-13-25(14-5-2)22(27)18-8-10-20(11-9-18)24-21(26)15-17(3)19-7-6-12-23-16-19;/h8-11,17,19,23H,4-7,12-16H2,1-3H3,(H,24,26);1H. The molecule has 158 valence electrons. The fourth-order valence-corrected chi connectivity index (χ4v) is 3.77. The van der Waals surface area contributed by atoms with Gasteiger partial charge in [0.05, 0.1) is 0 Å². The topological polar surface area (TPSA) is 61.4 Å². The molecule has 2 unspecified atom stereocenters. The molecule has 1 aliphatic heterocycles. The van der Waals surface area contributed by atoms with Gasteiger partial charge in [-0.05, 0) is 74.9 Å². The zero-order valence-corrected chi connectivity index (χ0v) is 18.3. The number of rotatable bonds is 9. The predicted octanol–water partition coefficient (Wildman–Crippen LogP) is 4.33. The third kappa shape index (κ3) is 7.44. The lowest BCUT2D eigenvalue weighted by atomic mass is 9.85. The van der Waals surface area contributed by atoms with Crippen molar-refractivity contribution in [2.24, 2.45) is 11.8 Å². The van der Waals surface area contributed by atoms with Crippen molar-refractivity contribution in [3.63, 3.8) is 0 Å². The third-order valence-electron chi connectivity index (χ3n) is 5.34. The van der Waals surface area contributed by atoms with Crippen molar-refractivity contribution in [2.75, 3.05) is 31.5 Å². The highest BCUT2D eigenvalue weighted by Gasteiger charge is 2.22. The molecule has 1 heterocycles. The van der Waals surface area contributed by atoms with Gasteiger partial charge < -0.3 is 15.5 Å². The lowest BCUT2D eigenvalue weighted by Gasteiger charge is -2.28. The lowest BCUT2D eigenvalue weighted by Crippen LogP contribution is -2.34. The molecule has 0 aromatic heterocycles. The number of hydrogen-bond acceptors (Lipinski definition) is 3. The van der Waals surface area contributed by atoms with E-state index in [0.717, 1.165) is 44.7 Å². The van der Waals surface area contributed by atoms with Crippen LogP contribution in [0.4, 0.5) is 5.69 Å². The molecule has 2 rings (SSSR count). The summed E-state index contributed by atoms with van der Waals surface area (Å²) >= 11 is 0. The first-order valence-corrected chi connectivity index (χ1v) is 10.4. The fourth-order valence-electron chi connectivity index (χ4n) is 3.77. The summed E-state index contributed by atoms with van der Waals surface area (Å²) in [6, 6.07) is 7.28. The van der Waals surface area contributed by atoms with Gasteiger partial charge in [-0.2, -0.15) is 0 Å². The zero-order chi connectivity index (χ0) is 19.6. The Hall–Kier alpha value is -1.59. The second-order valence-corrected chi connectivity index (χ2v) is 7.71. The summed E-state index contributed by atoms with van der Waals surface area (Å²) in [6.07, 6.45) is 4.83. The minimum Gasteiger partial charge on any atom is -0.339 e. The number of carbonyl (C=O) groups is 2. The number of anilines is 1. The van der Waals surface area contributed by atoms with Gasteiger partial charge in [0.1, 0.15) is 0 Å². The first kappa shape index (κ1) is 24.4. The van der Waals surface area contributed by atoms with Crippen molar-refractivity contribution in [1.82, 2.24) is 10.2 Å². The average molecular weight is 410 g/mol. The summed E-state index contributed by atoms with van der Waals surface area (Å²) in [7, 11) is 0. The van der Waals surface area contributed by atoms with Crippen molar-refractivity contribution >= 4 is 29.9 Å². The van der Waals surface area contributed by atoms with E-state index in [4.69, 9.17) is 0 Å². The number of piperidine rings is 1. The average Bonchev–Trinajstić information content (AvgIpc) is 2.68. The lowest BCUT2D eigenvalue weighted by molar-refractivity contribution is -0.117. The van der Waals surface area contributed by atoms with Gasteiger partial charge in [0.25, 0.3) is 5.91 Å².